The van der Waals surface area contributed by atoms with E-state index in [2.05, 4.69) is 10.3 Å². The first-order chi connectivity index (χ1) is 12.2. The van der Waals surface area contributed by atoms with Gasteiger partial charge in [0.2, 0.25) is 11.7 Å². The van der Waals surface area contributed by atoms with E-state index in [1.807, 2.05) is 36.4 Å². The number of hydrogen-bond donors (Lipinski definition) is 1. The minimum absolute atomic E-state index is 0.102. The largest absolute Gasteiger partial charge is 0.349 e. The smallest absolute Gasteiger partial charge is 0.243 e. The van der Waals surface area contributed by atoms with E-state index in [1.54, 1.807) is 48.1 Å². The molecule has 1 unspecified atom stereocenters. The maximum absolute atomic E-state index is 12.7. The maximum atomic E-state index is 12.7. The summed E-state index contributed by atoms with van der Waals surface area (Å²) in [5, 5.41) is 2.86. The van der Waals surface area contributed by atoms with Crippen LogP contribution in [0.1, 0.15) is 34.7 Å². The fourth-order valence-corrected chi connectivity index (χ4v) is 2.62. The van der Waals surface area contributed by atoms with Crippen LogP contribution in [0, 0.1) is 0 Å². The number of rotatable bonds is 6. The van der Waals surface area contributed by atoms with Gasteiger partial charge in [0.25, 0.3) is 0 Å². The summed E-state index contributed by atoms with van der Waals surface area (Å²) >= 11 is 0. The Morgan fingerprint density at radius 1 is 1.04 bits per heavy atom. The molecule has 2 aromatic heterocycles. The van der Waals surface area contributed by atoms with Crippen LogP contribution in [-0.4, -0.2) is 21.2 Å². The monoisotopic (exact) mass is 333 g/mol. The van der Waals surface area contributed by atoms with Crippen molar-refractivity contribution in [1.82, 2.24) is 14.9 Å². The molecule has 1 amide bonds. The molecule has 0 radical (unpaired) electrons. The number of nitrogens with zero attached hydrogens (tertiary/aromatic N) is 2. The molecule has 0 aliphatic carbocycles. The summed E-state index contributed by atoms with van der Waals surface area (Å²) in [6, 6.07) is 17.6. The van der Waals surface area contributed by atoms with Crippen LogP contribution in [0.3, 0.4) is 0 Å². The maximum Gasteiger partial charge on any atom is 0.243 e. The topological polar surface area (TPSA) is 64.0 Å². The Bertz CT molecular complexity index is 857. The quantitative estimate of drug-likeness (QED) is 0.705. The van der Waals surface area contributed by atoms with Gasteiger partial charge in [-0.3, -0.25) is 14.6 Å². The van der Waals surface area contributed by atoms with E-state index in [9.17, 15) is 9.59 Å². The zero-order valence-electron chi connectivity index (χ0n) is 13.9. The van der Waals surface area contributed by atoms with Crippen molar-refractivity contribution in [2.24, 2.45) is 0 Å². The number of ketones is 1. The molecule has 1 atom stereocenters. The van der Waals surface area contributed by atoms with Crippen LogP contribution in [0.5, 0.6) is 0 Å². The number of carbonyl (C=O) groups is 2. The Balaban J connectivity index is 1.72. The zero-order chi connectivity index (χ0) is 17.6. The van der Waals surface area contributed by atoms with Crippen LogP contribution in [0.15, 0.2) is 73.1 Å². The van der Waals surface area contributed by atoms with Gasteiger partial charge in [0.15, 0.2) is 0 Å². The minimum Gasteiger partial charge on any atom is -0.349 e. The van der Waals surface area contributed by atoms with E-state index in [-0.39, 0.29) is 11.7 Å². The van der Waals surface area contributed by atoms with Gasteiger partial charge in [0, 0.05) is 18.0 Å². The lowest BCUT2D eigenvalue weighted by molar-refractivity contribution is -0.124. The van der Waals surface area contributed by atoms with E-state index in [4.69, 9.17) is 0 Å². The highest BCUT2D eigenvalue weighted by Gasteiger charge is 2.20. The molecule has 0 aliphatic heterocycles. The highest BCUT2D eigenvalue weighted by molar-refractivity contribution is 6.08. The van der Waals surface area contributed by atoms with Crippen molar-refractivity contribution in [2.45, 2.75) is 19.5 Å². The summed E-state index contributed by atoms with van der Waals surface area (Å²) in [6.45, 7) is 2.13. The molecule has 0 saturated carbocycles. The van der Waals surface area contributed by atoms with E-state index in [0.29, 0.717) is 17.8 Å². The average molecular weight is 333 g/mol. The zero-order valence-corrected chi connectivity index (χ0v) is 13.9. The van der Waals surface area contributed by atoms with Gasteiger partial charge < -0.3 is 9.88 Å². The van der Waals surface area contributed by atoms with Crippen LogP contribution in [-0.2, 0) is 11.3 Å². The van der Waals surface area contributed by atoms with Gasteiger partial charge in [0.1, 0.15) is 6.04 Å². The highest BCUT2D eigenvalue weighted by Crippen LogP contribution is 2.16. The molecule has 0 bridgehead atoms. The molecule has 2 heterocycles. The molecule has 3 rings (SSSR count). The number of pyridine rings is 1. The van der Waals surface area contributed by atoms with Crippen LogP contribution in [0.4, 0.5) is 0 Å². The van der Waals surface area contributed by atoms with E-state index in [0.717, 1.165) is 5.69 Å². The Labute approximate surface area is 146 Å². The number of nitrogens with one attached hydrogen (secondary N) is 1. The lowest BCUT2D eigenvalue weighted by Crippen LogP contribution is -2.31. The normalized spacial score (nSPS) is 11.7. The number of benzene rings is 1. The second kappa shape index (κ2) is 7.57. The van der Waals surface area contributed by atoms with Crippen molar-refractivity contribution in [2.75, 3.05) is 0 Å². The molecule has 5 nitrogen and oxygen atoms in total. The Morgan fingerprint density at radius 3 is 2.52 bits per heavy atom. The lowest BCUT2D eigenvalue weighted by Gasteiger charge is -2.17. The van der Waals surface area contributed by atoms with Crippen LogP contribution in [0.2, 0.25) is 0 Å². The van der Waals surface area contributed by atoms with Crippen molar-refractivity contribution in [1.29, 1.82) is 0 Å². The summed E-state index contributed by atoms with van der Waals surface area (Å²) < 4.78 is 1.70. The predicted octanol–water partition coefficient (Wildman–Crippen LogP) is 2.99. The Morgan fingerprint density at radius 2 is 1.80 bits per heavy atom. The van der Waals surface area contributed by atoms with Gasteiger partial charge in [0.05, 0.1) is 17.9 Å². The number of hydrogen-bond acceptors (Lipinski definition) is 3. The van der Waals surface area contributed by atoms with Gasteiger partial charge in [-0.2, -0.15) is 0 Å². The predicted molar refractivity (Wildman–Crippen MR) is 95.1 cm³/mol. The van der Waals surface area contributed by atoms with Crippen LogP contribution < -0.4 is 5.32 Å². The number of carbonyl (C=O) groups excluding carboxylic acids is 2. The minimum atomic E-state index is -0.499. The summed E-state index contributed by atoms with van der Waals surface area (Å²) in [4.78, 5) is 29.3. The molecule has 0 spiro atoms. The van der Waals surface area contributed by atoms with Gasteiger partial charge in [-0.25, -0.2) is 0 Å². The van der Waals surface area contributed by atoms with Crippen molar-refractivity contribution < 1.29 is 9.59 Å². The Kier molecular flexibility index (Phi) is 5.04. The third kappa shape index (κ3) is 3.83. The lowest BCUT2D eigenvalue weighted by atomic mass is 10.1. The second-order valence-corrected chi connectivity index (χ2v) is 5.71. The number of amides is 1. The van der Waals surface area contributed by atoms with Crippen molar-refractivity contribution in [3.05, 3.63) is 90.0 Å². The molecule has 0 saturated heterocycles. The molecule has 1 aromatic carbocycles. The van der Waals surface area contributed by atoms with E-state index < -0.39 is 6.04 Å². The number of aromatic nitrogens is 2. The first-order valence-electron chi connectivity index (χ1n) is 8.11. The molecule has 25 heavy (non-hydrogen) atoms. The Hall–Kier alpha value is -3.21. The highest BCUT2D eigenvalue weighted by atomic mass is 16.2. The van der Waals surface area contributed by atoms with E-state index >= 15 is 0 Å². The fourth-order valence-electron chi connectivity index (χ4n) is 2.62. The summed E-state index contributed by atoms with van der Waals surface area (Å²) in [5.41, 5.74) is 1.88. The average Bonchev–Trinajstić information content (AvgIpc) is 3.16. The summed E-state index contributed by atoms with van der Waals surface area (Å²) in [6.07, 6.45) is 3.44. The standard InChI is InChI=1S/C20H19N3O2/c1-15(20(25)22-14-17-10-5-6-12-21-17)23-13-7-11-18(23)19(24)16-8-3-2-4-9-16/h2-13,15H,14H2,1H3,(H,22,25). The van der Waals surface area contributed by atoms with Crippen molar-refractivity contribution in [3.63, 3.8) is 0 Å². The molecule has 0 aliphatic rings. The van der Waals surface area contributed by atoms with Crippen molar-refractivity contribution >= 4 is 11.7 Å². The molecular formula is C20H19N3O2. The van der Waals surface area contributed by atoms with Crippen molar-refractivity contribution in [3.8, 4) is 0 Å². The second-order valence-electron chi connectivity index (χ2n) is 5.71. The molecule has 3 aromatic rings. The third-order valence-electron chi connectivity index (χ3n) is 4.01. The SMILES string of the molecule is CC(C(=O)NCc1ccccn1)n1cccc1C(=O)c1ccccc1. The van der Waals surface area contributed by atoms with Crippen LogP contribution >= 0.6 is 0 Å². The third-order valence-corrected chi connectivity index (χ3v) is 4.01. The fraction of sp³-hybridized carbons (Fsp3) is 0.150. The molecule has 126 valence electrons. The van der Waals surface area contributed by atoms with Gasteiger partial charge in [-0.15, -0.1) is 0 Å². The molecular weight excluding hydrogens is 314 g/mol. The summed E-state index contributed by atoms with van der Waals surface area (Å²) in [7, 11) is 0. The van der Waals surface area contributed by atoms with Gasteiger partial charge in [-0.05, 0) is 31.2 Å². The van der Waals surface area contributed by atoms with Gasteiger partial charge in [-0.1, -0.05) is 36.4 Å². The van der Waals surface area contributed by atoms with E-state index in [1.165, 1.54) is 0 Å². The first kappa shape index (κ1) is 16.6. The molecule has 0 fully saturated rings. The summed E-state index contributed by atoms with van der Waals surface area (Å²) in [5.74, 6) is -0.265. The van der Waals surface area contributed by atoms with Crippen LogP contribution in [0.25, 0.3) is 0 Å². The molecule has 5 heteroatoms. The first-order valence-corrected chi connectivity index (χ1v) is 8.11. The van der Waals surface area contributed by atoms with Gasteiger partial charge >= 0.3 is 0 Å². The molecule has 1 N–H and O–H groups in total.